The van der Waals surface area contributed by atoms with Gasteiger partial charge in [-0.3, -0.25) is 4.79 Å². The van der Waals surface area contributed by atoms with E-state index in [2.05, 4.69) is 17.2 Å². The summed E-state index contributed by atoms with van der Waals surface area (Å²) in [5, 5.41) is 2.69. The van der Waals surface area contributed by atoms with Gasteiger partial charge in [0, 0.05) is 18.7 Å². The number of fused-ring (bicyclic) bond motifs is 1. The van der Waals surface area contributed by atoms with Crippen molar-refractivity contribution in [1.82, 2.24) is 10.3 Å². The number of esters is 1. The van der Waals surface area contributed by atoms with Crippen molar-refractivity contribution in [1.29, 1.82) is 0 Å². The summed E-state index contributed by atoms with van der Waals surface area (Å²) in [6, 6.07) is 7.30. The monoisotopic (exact) mass is 316 g/mol. The Bertz CT molecular complexity index is 658. The van der Waals surface area contributed by atoms with Gasteiger partial charge in [0.05, 0.1) is 0 Å². The Labute approximate surface area is 134 Å². The SMILES string of the molecule is CCCCCNC(=O)COC(=O)/C=C/c1nc2ccccc2o1. The van der Waals surface area contributed by atoms with Crippen LogP contribution in [0.4, 0.5) is 0 Å². The van der Waals surface area contributed by atoms with E-state index in [9.17, 15) is 9.59 Å². The van der Waals surface area contributed by atoms with Crippen LogP contribution in [0.15, 0.2) is 34.8 Å². The van der Waals surface area contributed by atoms with Crippen LogP contribution >= 0.6 is 0 Å². The van der Waals surface area contributed by atoms with Crippen LogP contribution in [0.25, 0.3) is 17.2 Å². The third kappa shape index (κ3) is 5.58. The van der Waals surface area contributed by atoms with Crippen LogP contribution < -0.4 is 5.32 Å². The molecule has 0 unspecified atom stereocenters. The van der Waals surface area contributed by atoms with Gasteiger partial charge in [-0.25, -0.2) is 9.78 Å². The predicted molar refractivity (Wildman–Crippen MR) is 86.5 cm³/mol. The Morgan fingerprint density at radius 2 is 2.13 bits per heavy atom. The lowest BCUT2D eigenvalue weighted by molar-refractivity contribution is -0.143. The molecular formula is C17H20N2O4. The van der Waals surface area contributed by atoms with Gasteiger partial charge in [0.15, 0.2) is 12.2 Å². The summed E-state index contributed by atoms with van der Waals surface area (Å²) < 4.78 is 10.3. The first-order valence-electron chi connectivity index (χ1n) is 7.66. The first-order chi connectivity index (χ1) is 11.2. The second-order valence-corrected chi connectivity index (χ2v) is 5.02. The molecule has 0 aliphatic carbocycles. The fourth-order valence-corrected chi connectivity index (χ4v) is 1.94. The van der Waals surface area contributed by atoms with Gasteiger partial charge in [-0.1, -0.05) is 31.9 Å². The average molecular weight is 316 g/mol. The minimum atomic E-state index is -0.615. The maximum atomic E-state index is 11.6. The number of hydrogen-bond donors (Lipinski definition) is 1. The molecule has 0 spiro atoms. The lowest BCUT2D eigenvalue weighted by atomic mass is 10.2. The largest absolute Gasteiger partial charge is 0.452 e. The van der Waals surface area contributed by atoms with Crippen molar-refractivity contribution in [3.63, 3.8) is 0 Å². The Hall–Kier alpha value is -2.63. The predicted octanol–water partition coefficient (Wildman–Crippen LogP) is 2.69. The minimum Gasteiger partial charge on any atom is -0.452 e. The molecule has 1 heterocycles. The number of carbonyl (C=O) groups is 2. The number of oxazole rings is 1. The third-order valence-corrected chi connectivity index (χ3v) is 3.12. The van der Waals surface area contributed by atoms with Crippen molar-refractivity contribution in [2.75, 3.05) is 13.2 Å². The quantitative estimate of drug-likeness (QED) is 0.460. The average Bonchev–Trinajstić information content (AvgIpc) is 2.98. The number of amides is 1. The van der Waals surface area contributed by atoms with Crippen LogP contribution in [0.5, 0.6) is 0 Å². The Morgan fingerprint density at radius 1 is 1.30 bits per heavy atom. The first kappa shape index (κ1) is 16.7. The summed E-state index contributed by atoms with van der Waals surface area (Å²) in [5.74, 6) is -0.604. The van der Waals surface area contributed by atoms with E-state index in [0.717, 1.165) is 19.3 Å². The molecule has 0 saturated carbocycles. The number of hydrogen-bond acceptors (Lipinski definition) is 5. The molecule has 1 N–H and O–H groups in total. The number of unbranched alkanes of at least 4 members (excludes halogenated alkanes) is 2. The number of nitrogens with one attached hydrogen (secondary N) is 1. The zero-order valence-corrected chi connectivity index (χ0v) is 13.1. The van der Waals surface area contributed by atoms with E-state index < -0.39 is 5.97 Å². The Kier molecular flexibility index (Phi) is 6.35. The minimum absolute atomic E-state index is 0.289. The van der Waals surface area contributed by atoms with Crippen molar-refractivity contribution in [3.8, 4) is 0 Å². The third-order valence-electron chi connectivity index (χ3n) is 3.12. The van der Waals surface area contributed by atoms with Crippen LogP contribution in [0.1, 0.15) is 32.1 Å². The zero-order valence-electron chi connectivity index (χ0n) is 13.1. The molecule has 2 aromatic rings. The standard InChI is InChI=1S/C17H20N2O4/c1-2-3-6-11-18-15(20)12-22-17(21)10-9-16-19-13-7-4-5-8-14(13)23-16/h4-5,7-10H,2-3,6,11-12H2,1H3,(H,18,20)/b10-9+. The van der Waals surface area contributed by atoms with E-state index >= 15 is 0 Å². The van der Waals surface area contributed by atoms with E-state index in [-0.39, 0.29) is 12.5 Å². The molecular weight excluding hydrogens is 296 g/mol. The molecule has 122 valence electrons. The summed E-state index contributed by atoms with van der Waals surface area (Å²) in [6.45, 7) is 2.40. The number of para-hydroxylation sites is 2. The van der Waals surface area contributed by atoms with E-state index in [1.54, 1.807) is 6.07 Å². The molecule has 0 bridgehead atoms. The van der Waals surface area contributed by atoms with Crippen LogP contribution in [0, 0.1) is 0 Å². The topological polar surface area (TPSA) is 81.4 Å². The molecule has 1 aromatic carbocycles. The van der Waals surface area contributed by atoms with E-state index in [0.29, 0.717) is 23.5 Å². The van der Waals surface area contributed by atoms with Crippen molar-refractivity contribution in [2.45, 2.75) is 26.2 Å². The smallest absolute Gasteiger partial charge is 0.331 e. The number of carbonyl (C=O) groups excluding carboxylic acids is 2. The zero-order chi connectivity index (χ0) is 16.5. The van der Waals surface area contributed by atoms with Gasteiger partial charge in [0.25, 0.3) is 5.91 Å². The van der Waals surface area contributed by atoms with Gasteiger partial charge < -0.3 is 14.5 Å². The summed E-state index contributed by atoms with van der Waals surface area (Å²) >= 11 is 0. The molecule has 0 atom stereocenters. The van der Waals surface area contributed by atoms with Gasteiger partial charge in [0.2, 0.25) is 5.89 Å². The Balaban J connectivity index is 1.74. The van der Waals surface area contributed by atoms with Gasteiger partial charge in [-0.2, -0.15) is 0 Å². The van der Waals surface area contributed by atoms with Crippen LogP contribution in [0.3, 0.4) is 0 Å². The molecule has 1 amide bonds. The fraction of sp³-hybridized carbons (Fsp3) is 0.353. The highest BCUT2D eigenvalue weighted by Crippen LogP contribution is 2.15. The Morgan fingerprint density at radius 3 is 2.91 bits per heavy atom. The number of ether oxygens (including phenoxy) is 1. The maximum absolute atomic E-state index is 11.6. The molecule has 6 nitrogen and oxygen atoms in total. The highest BCUT2D eigenvalue weighted by molar-refractivity contribution is 5.89. The molecule has 0 aliphatic rings. The van der Waals surface area contributed by atoms with Crippen LogP contribution in [-0.2, 0) is 14.3 Å². The van der Waals surface area contributed by atoms with Crippen molar-refractivity contribution >= 4 is 29.1 Å². The molecule has 1 aromatic heterocycles. The maximum Gasteiger partial charge on any atom is 0.331 e. The van der Waals surface area contributed by atoms with Crippen molar-refractivity contribution in [3.05, 3.63) is 36.2 Å². The highest BCUT2D eigenvalue weighted by Gasteiger charge is 2.06. The molecule has 0 saturated heterocycles. The van der Waals surface area contributed by atoms with Gasteiger partial charge in [0.1, 0.15) is 5.52 Å². The van der Waals surface area contributed by atoms with Crippen molar-refractivity contribution in [2.24, 2.45) is 0 Å². The van der Waals surface area contributed by atoms with Gasteiger partial charge in [-0.15, -0.1) is 0 Å². The van der Waals surface area contributed by atoms with E-state index in [1.807, 2.05) is 18.2 Å². The molecule has 0 aliphatic heterocycles. The summed E-state index contributed by atoms with van der Waals surface area (Å²) in [6.07, 6.45) is 5.68. The molecule has 23 heavy (non-hydrogen) atoms. The van der Waals surface area contributed by atoms with E-state index in [1.165, 1.54) is 12.2 Å². The highest BCUT2D eigenvalue weighted by atomic mass is 16.5. The normalized spacial score (nSPS) is 11.0. The van der Waals surface area contributed by atoms with Crippen molar-refractivity contribution < 1.29 is 18.7 Å². The number of benzene rings is 1. The second-order valence-electron chi connectivity index (χ2n) is 5.02. The fourth-order valence-electron chi connectivity index (χ4n) is 1.94. The molecule has 6 heteroatoms. The van der Waals surface area contributed by atoms with Gasteiger partial charge >= 0.3 is 5.97 Å². The lowest BCUT2D eigenvalue weighted by Gasteiger charge is -2.04. The number of nitrogens with zero attached hydrogens (tertiary/aromatic N) is 1. The number of rotatable bonds is 8. The summed E-state index contributed by atoms with van der Waals surface area (Å²) in [7, 11) is 0. The van der Waals surface area contributed by atoms with Crippen LogP contribution in [0.2, 0.25) is 0 Å². The molecule has 0 fully saturated rings. The molecule has 0 radical (unpaired) electrons. The lowest BCUT2D eigenvalue weighted by Crippen LogP contribution is -2.29. The van der Waals surface area contributed by atoms with E-state index in [4.69, 9.17) is 9.15 Å². The molecule has 2 rings (SSSR count). The summed E-state index contributed by atoms with van der Waals surface area (Å²) in [5.41, 5.74) is 1.36. The summed E-state index contributed by atoms with van der Waals surface area (Å²) in [4.78, 5) is 27.2. The van der Waals surface area contributed by atoms with Crippen LogP contribution in [-0.4, -0.2) is 30.0 Å². The van der Waals surface area contributed by atoms with Gasteiger partial charge in [-0.05, 0) is 18.6 Å². The second kappa shape index (κ2) is 8.73. The number of aromatic nitrogens is 1. The first-order valence-corrected chi connectivity index (χ1v) is 7.66.